The Hall–Kier alpha value is -0.780. The molecule has 1 fully saturated rings. The number of rotatable bonds is 5. The van der Waals surface area contributed by atoms with Gasteiger partial charge in [-0.1, -0.05) is 6.42 Å². The van der Waals surface area contributed by atoms with Gasteiger partial charge in [0.05, 0.1) is 0 Å². The van der Waals surface area contributed by atoms with Gasteiger partial charge in [-0.2, -0.15) is 0 Å². The highest BCUT2D eigenvalue weighted by molar-refractivity contribution is 7.98. The highest BCUT2D eigenvalue weighted by Crippen LogP contribution is 2.31. The SMILES string of the molecule is CSc1ccc(F)cc1CNC(=O)[C@@H]1CCC[C@@H]1CN.Cl. The lowest BCUT2D eigenvalue weighted by Gasteiger charge is -2.18. The maximum Gasteiger partial charge on any atom is 0.223 e. The zero-order valence-electron chi connectivity index (χ0n) is 12.1. The Morgan fingerprint density at radius 2 is 2.24 bits per heavy atom. The monoisotopic (exact) mass is 332 g/mol. The van der Waals surface area contributed by atoms with Crippen LogP contribution in [0.25, 0.3) is 0 Å². The van der Waals surface area contributed by atoms with Crippen molar-refractivity contribution >= 4 is 30.1 Å². The Bertz CT molecular complexity index is 487. The van der Waals surface area contributed by atoms with Crippen molar-refractivity contribution in [1.82, 2.24) is 5.32 Å². The lowest BCUT2D eigenvalue weighted by Crippen LogP contribution is -2.34. The largest absolute Gasteiger partial charge is 0.352 e. The van der Waals surface area contributed by atoms with Gasteiger partial charge < -0.3 is 11.1 Å². The van der Waals surface area contributed by atoms with E-state index in [-0.39, 0.29) is 30.0 Å². The van der Waals surface area contributed by atoms with Gasteiger partial charge in [0, 0.05) is 17.4 Å². The molecule has 0 unspecified atom stereocenters. The normalized spacial score (nSPS) is 20.9. The first-order valence-corrected chi connectivity index (χ1v) is 8.18. The van der Waals surface area contributed by atoms with Crippen LogP contribution >= 0.6 is 24.2 Å². The molecule has 1 saturated carbocycles. The average molecular weight is 333 g/mol. The third-order valence-electron chi connectivity index (χ3n) is 3.99. The van der Waals surface area contributed by atoms with Crippen LogP contribution in [-0.2, 0) is 11.3 Å². The molecular weight excluding hydrogens is 311 g/mol. The summed E-state index contributed by atoms with van der Waals surface area (Å²) in [5, 5.41) is 2.93. The van der Waals surface area contributed by atoms with Gasteiger partial charge in [0.15, 0.2) is 0 Å². The molecule has 2 rings (SSSR count). The summed E-state index contributed by atoms with van der Waals surface area (Å²) >= 11 is 1.56. The van der Waals surface area contributed by atoms with Crippen LogP contribution in [0.5, 0.6) is 0 Å². The zero-order chi connectivity index (χ0) is 14.5. The van der Waals surface area contributed by atoms with Crippen LogP contribution in [0.1, 0.15) is 24.8 Å². The van der Waals surface area contributed by atoms with Crippen LogP contribution < -0.4 is 11.1 Å². The molecule has 0 heterocycles. The van der Waals surface area contributed by atoms with Gasteiger partial charge in [0.25, 0.3) is 0 Å². The number of hydrogen-bond donors (Lipinski definition) is 2. The van der Waals surface area contributed by atoms with Crippen LogP contribution in [0.2, 0.25) is 0 Å². The van der Waals surface area contributed by atoms with E-state index in [4.69, 9.17) is 5.73 Å². The minimum absolute atomic E-state index is 0. The molecule has 3 nitrogen and oxygen atoms in total. The lowest BCUT2D eigenvalue weighted by atomic mass is 9.95. The van der Waals surface area contributed by atoms with E-state index in [1.807, 2.05) is 6.26 Å². The van der Waals surface area contributed by atoms with Crippen molar-refractivity contribution in [1.29, 1.82) is 0 Å². The van der Waals surface area contributed by atoms with Gasteiger partial charge in [-0.05, 0) is 55.3 Å². The number of benzene rings is 1. The quantitative estimate of drug-likeness (QED) is 0.815. The number of halogens is 2. The summed E-state index contributed by atoms with van der Waals surface area (Å²) in [4.78, 5) is 13.2. The number of hydrogen-bond acceptors (Lipinski definition) is 3. The number of thioether (sulfide) groups is 1. The number of nitrogens with two attached hydrogens (primary N) is 1. The van der Waals surface area contributed by atoms with Crippen molar-refractivity contribution in [3.63, 3.8) is 0 Å². The molecule has 1 aliphatic carbocycles. The molecular formula is C15H22ClFN2OS. The maximum absolute atomic E-state index is 13.3. The van der Waals surface area contributed by atoms with Crippen molar-refractivity contribution in [3.05, 3.63) is 29.6 Å². The van der Waals surface area contributed by atoms with E-state index in [0.29, 0.717) is 19.0 Å². The van der Waals surface area contributed by atoms with Crippen molar-refractivity contribution in [2.24, 2.45) is 17.6 Å². The van der Waals surface area contributed by atoms with Gasteiger partial charge in [0.2, 0.25) is 5.91 Å². The molecule has 6 heteroatoms. The Morgan fingerprint density at radius 3 is 2.90 bits per heavy atom. The second kappa shape index (κ2) is 8.61. The summed E-state index contributed by atoms with van der Waals surface area (Å²) in [5.74, 6) is 0.0934. The van der Waals surface area contributed by atoms with Gasteiger partial charge in [-0.3, -0.25) is 4.79 Å². The third kappa shape index (κ3) is 4.59. The first kappa shape index (κ1) is 18.3. The van der Waals surface area contributed by atoms with Crippen molar-refractivity contribution in [2.75, 3.05) is 12.8 Å². The van der Waals surface area contributed by atoms with Gasteiger partial charge in [0.1, 0.15) is 5.82 Å². The molecule has 0 aromatic heterocycles. The van der Waals surface area contributed by atoms with E-state index in [1.54, 1.807) is 17.8 Å². The lowest BCUT2D eigenvalue weighted by molar-refractivity contribution is -0.126. The van der Waals surface area contributed by atoms with Crippen LogP contribution in [-0.4, -0.2) is 18.7 Å². The fourth-order valence-corrected chi connectivity index (χ4v) is 3.46. The molecule has 0 bridgehead atoms. The van der Waals surface area contributed by atoms with Crippen LogP contribution in [0.15, 0.2) is 23.1 Å². The van der Waals surface area contributed by atoms with Crippen molar-refractivity contribution < 1.29 is 9.18 Å². The molecule has 0 radical (unpaired) electrons. The van der Waals surface area contributed by atoms with Crippen LogP contribution in [0, 0.1) is 17.7 Å². The second-order valence-electron chi connectivity index (χ2n) is 5.21. The van der Waals surface area contributed by atoms with Gasteiger partial charge >= 0.3 is 0 Å². The summed E-state index contributed by atoms with van der Waals surface area (Å²) in [6.45, 7) is 0.939. The summed E-state index contributed by atoms with van der Waals surface area (Å²) in [7, 11) is 0. The minimum Gasteiger partial charge on any atom is -0.352 e. The molecule has 0 saturated heterocycles. The topological polar surface area (TPSA) is 55.1 Å². The number of nitrogens with one attached hydrogen (secondary N) is 1. The fraction of sp³-hybridized carbons (Fsp3) is 0.533. The molecule has 1 amide bonds. The number of carbonyl (C=O) groups excluding carboxylic acids is 1. The van der Waals surface area contributed by atoms with E-state index in [9.17, 15) is 9.18 Å². The average Bonchev–Trinajstić information content (AvgIpc) is 2.93. The molecule has 1 aliphatic rings. The number of carbonyl (C=O) groups is 1. The van der Waals surface area contributed by atoms with Crippen LogP contribution in [0.3, 0.4) is 0 Å². The molecule has 0 spiro atoms. The Morgan fingerprint density at radius 1 is 1.48 bits per heavy atom. The molecule has 118 valence electrons. The van der Waals surface area contributed by atoms with E-state index >= 15 is 0 Å². The summed E-state index contributed by atoms with van der Waals surface area (Å²) < 4.78 is 13.3. The van der Waals surface area contributed by atoms with Crippen LogP contribution in [0.4, 0.5) is 4.39 Å². The molecule has 1 aromatic carbocycles. The highest BCUT2D eigenvalue weighted by Gasteiger charge is 2.31. The first-order chi connectivity index (χ1) is 9.65. The fourth-order valence-electron chi connectivity index (χ4n) is 2.86. The third-order valence-corrected chi connectivity index (χ3v) is 4.83. The predicted octanol–water partition coefficient (Wildman–Crippen LogP) is 2.96. The number of amides is 1. The van der Waals surface area contributed by atoms with Gasteiger partial charge in [-0.25, -0.2) is 4.39 Å². The maximum atomic E-state index is 13.3. The molecule has 1 aromatic rings. The minimum atomic E-state index is -0.271. The summed E-state index contributed by atoms with van der Waals surface area (Å²) in [5.41, 5.74) is 6.53. The summed E-state index contributed by atoms with van der Waals surface area (Å²) in [6.07, 6.45) is 4.95. The Balaban J connectivity index is 0.00000220. The molecule has 21 heavy (non-hydrogen) atoms. The Kier molecular flexibility index (Phi) is 7.49. The molecule has 0 aliphatic heterocycles. The first-order valence-electron chi connectivity index (χ1n) is 6.96. The van der Waals surface area contributed by atoms with E-state index in [2.05, 4.69) is 5.32 Å². The highest BCUT2D eigenvalue weighted by atomic mass is 35.5. The molecule has 2 atom stereocenters. The van der Waals surface area contributed by atoms with E-state index in [1.165, 1.54) is 12.1 Å². The summed E-state index contributed by atoms with van der Waals surface area (Å²) in [6, 6.07) is 4.68. The Labute approximate surface area is 135 Å². The van der Waals surface area contributed by atoms with Crippen molar-refractivity contribution in [2.45, 2.75) is 30.7 Å². The smallest absolute Gasteiger partial charge is 0.223 e. The predicted molar refractivity (Wildman–Crippen MR) is 87.2 cm³/mol. The van der Waals surface area contributed by atoms with Crippen molar-refractivity contribution in [3.8, 4) is 0 Å². The van der Waals surface area contributed by atoms with E-state index < -0.39 is 0 Å². The zero-order valence-corrected chi connectivity index (χ0v) is 13.7. The van der Waals surface area contributed by atoms with E-state index in [0.717, 1.165) is 29.7 Å². The second-order valence-corrected chi connectivity index (χ2v) is 6.06. The molecule has 3 N–H and O–H groups in total. The van der Waals surface area contributed by atoms with Gasteiger partial charge in [-0.15, -0.1) is 24.2 Å². The standard InChI is InChI=1S/C15H21FN2OS.ClH/c1-20-14-6-5-12(16)7-11(14)9-18-15(19)13-4-2-3-10(13)8-17;/h5-7,10,13H,2-4,8-9,17H2,1H3,(H,18,19);1H/t10-,13-;/m1./s1.